The van der Waals surface area contributed by atoms with Crippen LogP contribution in [-0.2, 0) is 0 Å². The van der Waals surface area contributed by atoms with Crippen molar-refractivity contribution in [2.24, 2.45) is 0 Å². The van der Waals surface area contributed by atoms with Crippen LogP contribution in [0.15, 0.2) is 30.9 Å². The van der Waals surface area contributed by atoms with Crippen LogP contribution >= 0.6 is 0 Å². The second kappa shape index (κ2) is 6.98. The molecule has 108 valence electrons. The van der Waals surface area contributed by atoms with E-state index in [-0.39, 0.29) is 5.91 Å². The second-order valence-electron chi connectivity index (χ2n) is 5.16. The highest BCUT2D eigenvalue weighted by atomic mass is 16.5. The van der Waals surface area contributed by atoms with Crippen molar-refractivity contribution in [3.63, 3.8) is 0 Å². The number of benzene rings is 1. The van der Waals surface area contributed by atoms with Gasteiger partial charge in [-0.1, -0.05) is 31.9 Å². The van der Waals surface area contributed by atoms with Crippen LogP contribution in [0.5, 0.6) is 5.75 Å². The Labute approximate surface area is 120 Å². The van der Waals surface area contributed by atoms with Crippen molar-refractivity contribution in [2.75, 3.05) is 12.3 Å². The summed E-state index contributed by atoms with van der Waals surface area (Å²) in [5.74, 6) is 0.526. The van der Waals surface area contributed by atoms with Crippen LogP contribution in [0.3, 0.4) is 0 Å². The van der Waals surface area contributed by atoms with Crippen molar-refractivity contribution < 1.29 is 9.53 Å². The molecule has 0 atom stereocenters. The summed E-state index contributed by atoms with van der Waals surface area (Å²) in [6, 6.07) is 5.44. The average Bonchev–Trinajstić information content (AvgIpc) is 2.47. The maximum absolute atomic E-state index is 12.2. The number of hydrogen-bond donors (Lipinski definition) is 2. The maximum Gasteiger partial charge on any atom is 0.251 e. The lowest BCUT2D eigenvalue weighted by molar-refractivity contribution is 0.0927. The van der Waals surface area contributed by atoms with Gasteiger partial charge < -0.3 is 15.8 Å². The van der Waals surface area contributed by atoms with Gasteiger partial charge in [-0.15, -0.1) is 0 Å². The molecule has 1 fully saturated rings. The molecule has 1 aliphatic carbocycles. The summed E-state index contributed by atoms with van der Waals surface area (Å²) in [5.41, 5.74) is 6.95. The summed E-state index contributed by atoms with van der Waals surface area (Å²) >= 11 is 0. The van der Waals surface area contributed by atoms with E-state index in [9.17, 15) is 4.79 Å². The number of amides is 1. The van der Waals surface area contributed by atoms with Crippen LogP contribution < -0.4 is 15.8 Å². The molecule has 1 amide bonds. The smallest absolute Gasteiger partial charge is 0.251 e. The lowest BCUT2D eigenvalue weighted by Gasteiger charge is -2.22. The van der Waals surface area contributed by atoms with Gasteiger partial charge in [-0.25, -0.2) is 0 Å². The first-order valence-electron chi connectivity index (χ1n) is 7.15. The Kier molecular flexibility index (Phi) is 5.04. The molecule has 1 aromatic rings. The molecule has 0 bridgehead atoms. The fraction of sp³-hybridized carbons (Fsp3) is 0.438. The van der Waals surface area contributed by atoms with Crippen LogP contribution in [0.2, 0.25) is 0 Å². The number of rotatable bonds is 5. The molecule has 1 saturated carbocycles. The van der Waals surface area contributed by atoms with E-state index >= 15 is 0 Å². The van der Waals surface area contributed by atoms with Gasteiger partial charge in [-0.2, -0.15) is 0 Å². The first kappa shape index (κ1) is 14.4. The van der Waals surface area contributed by atoms with Crippen molar-refractivity contribution in [2.45, 2.75) is 38.1 Å². The maximum atomic E-state index is 12.2. The Morgan fingerprint density at radius 3 is 2.80 bits per heavy atom. The number of hydrogen-bond acceptors (Lipinski definition) is 3. The highest BCUT2D eigenvalue weighted by Crippen LogP contribution is 2.23. The Balaban J connectivity index is 1.98. The lowest BCUT2D eigenvalue weighted by Crippen LogP contribution is -2.36. The Hall–Kier alpha value is -1.97. The zero-order valence-electron chi connectivity index (χ0n) is 11.7. The third kappa shape index (κ3) is 3.76. The topological polar surface area (TPSA) is 64.3 Å². The molecule has 4 nitrogen and oxygen atoms in total. The normalized spacial score (nSPS) is 15.6. The van der Waals surface area contributed by atoms with Crippen LogP contribution in [-0.4, -0.2) is 18.6 Å². The van der Waals surface area contributed by atoms with E-state index in [1.807, 2.05) is 0 Å². The monoisotopic (exact) mass is 274 g/mol. The summed E-state index contributed by atoms with van der Waals surface area (Å²) < 4.78 is 5.40. The van der Waals surface area contributed by atoms with Gasteiger partial charge in [-0.05, 0) is 31.0 Å². The van der Waals surface area contributed by atoms with E-state index in [0.29, 0.717) is 29.6 Å². The standard InChI is InChI=1S/C16H22N2O2/c1-2-10-20-15-9-8-12(11-14(15)17)16(19)18-13-6-4-3-5-7-13/h2,8-9,11,13H,1,3-7,10,17H2,(H,18,19). The van der Waals surface area contributed by atoms with E-state index in [1.165, 1.54) is 19.3 Å². The molecule has 3 N–H and O–H groups in total. The number of nitrogen functional groups attached to an aromatic ring is 1. The zero-order valence-corrected chi connectivity index (χ0v) is 11.7. The van der Waals surface area contributed by atoms with E-state index in [2.05, 4.69) is 11.9 Å². The molecule has 0 spiro atoms. The van der Waals surface area contributed by atoms with Gasteiger partial charge >= 0.3 is 0 Å². The second-order valence-corrected chi connectivity index (χ2v) is 5.16. The van der Waals surface area contributed by atoms with Gasteiger partial charge in [0.05, 0.1) is 5.69 Å². The molecule has 0 saturated heterocycles. The van der Waals surface area contributed by atoms with Crippen LogP contribution in [0.25, 0.3) is 0 Å². The first-order chi connectivity index (χ1) is 9.70. The van der Waals surface area contributed by atoms with Gasteiger partial charge in [-0.3, -0.25) is 4.79 Å². The van der Waals surface area contributed by atoms with Crippen LogP contribution in [0.4, 0.5) is 5.69 Å². The SMILES string of the molecule is C=CCOc1ccc(C(=O)NC2CCCCC2)cc1N. The van der Waals surface area contributed by atoms with Gasteiger partial charge in [0.25, 0.3) is 5.91 Å². The number of nitrogens with two attached hydrogens (primary N) is 1. The van der Waals surface area contributed by atoms with E-state index in [0.717, 1.165) is 12.8 Å². The quantitative estimate of drug-likeness (QED) is 0.641. The van der Waals surface area contributed by atoms with Gasteiger partial charge in [0.2, 0.25) is 0 Å². The molecule has 1 aromatic carbocycles. The number of carbonyl (C=O) groups is 1. The third-order valence-electron chi connectivity index (χ3n) is 3.57. The summed E-state index contributed by atoms with van der Waals surface area (Å²) in [4.78, 5) is 12.2. The molecular formula is C16H22N2O2. The highest BCUT2D eigenvalue weighted by Gasteiger charge is 2.17. The summed E-state index contributed by atoms with van der Waals surface area (Å²) in [7, 11) is 0. The number of carbonyl (C=O) groups excluding carboxylic acids is 1. The van der Waals surface area contributed by atoms with Gasteiger partial charge in [0.1, 0.15) is 12.4 Å². The van der Waals surface area contributed by atoms with Crippen molar-refractivity contribution in [1.29, 1.82) is 0 Å². The minimum Gasteiger partial charge on any atom is -0.487 e. The fourth-order valence-electron chi connectivity index (χ4n) is 2.49. The molecule has 0 aromatic heterocycles. The van der Waals surface area contributed by atoms with Crippen LogP contribution in [0.1, 0.15) is 42.5 Å². The molecule has 0 radical (unpaired) electrons. The van der Waals surface area contributed by atoms with Gasteiger partial charge in [0.15, 0.2) is 0 Å². The van der Waals surface area contributed by atoms with Gasteiger partial charge in [0, 0.05) is 11.6 Å². The molecule has 4 heteroatoms. The zero-order chi connectivity index (χ0) is 14.4. The summed E-state index contributed by atoms with van der Waals surface area (Å²) in [5, 5.41) is 3.07. The number of ether oxygens (including phenoxy) is 1. The number of anilines is 1. The predicted octanol–water partition coefficient (Wildman–Crippen LogP) is 2.90. The van der Waals surface area contributed by atoms with Crippen molar-refractivity contribution >= 4 is 11.6 Å². The van der Waals surface area contributed by atoms with Crippen LogP contribution in [0, 0.1) is 0 Å². The molecule has 20 heavy (non-hydrogen) atoms. The minimum absolute atomic E-state index is 0.0566. The Bertz CT molecular complexity index is 479. The molecule has 1 aliphatic rings. The third-order valence-corrected chi connectivity index (χ3v) is 3.57. The summed E-state index contributed by atoms with van der Waals surface area (Å²) in [6.45, 7) is 3.99. The lowest BCUT2D eigenvalue weighted by atomic mass is 9.95. The van der Waals surface area contributed by atoms with E-state index in [1.54, 1.807) is 24.3 Å². The molecule has 2 rings (SSSR count). The minimum atomic E-state index is -0.0566. The molecule has 0 aliphatic heterocycles. The number of nitrogens with one attached hydrogen (secondary N) is 1. The Morgan fingerprint density at radius 1 is 1.40 bits per heavy atom. The first-order valence-corrected chi connectivity index (χ1v) is 7.15. The predicted molar refractivity (Wildman–Crippen MR) is 80.9 cm³/mol. The van der Waals surface area contributed by atoms with E-state index in [4.69, 9.17) is 10.5 Å². The average molecular weight is 274 g/mol. The fourth-order valence-corrected chi connectivity index (χ4v) is 2.49. The Morgan fingerprint density at radius 2 is 2.15 bits per heavy atom. The molecule has 0 heterocycles. The molecular weight excluding hydrogens is 252 g/mol. The van der Waals surface area contributed by atoms with Crippen molar-refractivity contribution in [3.05, 3.63) is 36.4 Å². The molecule has 0 unspecified atom stereocenters. The van der Waals surface area contributed by atoms with Crippen molar-refractivity contribution in [1.82, 2.24) is 5.32 Å². The van der Waals surface area contributed by atoms with Crippen molar-refractivity contribution in [3.8, 4) is 5.75 Å². The largest absolute Gasteiger partial charge is 0.487 e. The van der Waals surface area contributed by atoms with E-state index < -0.39 is 0 Å². The summed E-state index contributed by atoms with van der Waals surface area (Å²) in [6.07, 6.45) is 7.46. The highest BCUT2D eigenvalue weighted by molar-refractivity contribution is 5.95.